The lowest BCUT2D eigenvalue weighted by molar-refractivity contribution is 0.315. The van der Waals surface area contributed by atoms with Crippen LogP contribution in [0.3, 0.4) is 0 Å². The van der Waals surface area contributed by atoms with Crippen molar-refractivity contribution in [2.45, 2.75) is 26.3 Å². The fourth-order valence-electron chi connectivity index (χ4n) is 1.83. The third-order valence-electron chi connectivity index (χ3n) is 2.74. The molecule has 0 spiro atoms. The number of rotatable bonds is 5. The summed E-state index contributed by atoms with van der Waals surface area (Å²) in [5, 5.41) is 16.9. The molecule has 0 atom stereocenters. The molecule has 1 aromatic carbocycles. The Balaban J connectivity index is 2.03. The average Bonchev–Trinajstić information content (AvgIpc) is 2.83. The first-order chi connectivity index (χ1) is 9.22. The summed E-state index contributed by atoms with van der Waals surface area (Å²) in [4.78, 5) is 0. The molecule has 0 aliphatic rings. The van der Waals surface area contributed by atoms with E-state index in [1.165, 1.54) is 0 Å². The summed E-state index contributed by atoms with van der Waals surface area (Å²) in [6.45, 7) is 4.52. The van der Waals surface area contributed by atoms with Gasteiger partial charge in [-0.2, -0.15) is 5.26 Å². The van der Waals surface area contributed by atoms with E-state index in [9.17, 15) is 0 Å². The molecule has 1 heterocycles. The van der Waals surface area contributed by atoms with Gasteiger partial charge in [-0.1, -0.05) is 23.4 Å². The first kappa shape index (κ1) is 13.1. The Morgan fingerprint density at radius 3 is 2.68 bits per heavy atom. The van der Waals surface area contributed by atoms with Crippen LogP contribution in [0.1, 0.15) is 31.3 Å². The van der Waals surface area contributed by atoms with Crippen LogP contribution < -0.4 is 4.74 Å². The van der Waals surface area contributed by atoms with Crippen molar-refractivity contribution in [3.05, 3.63) is 41.7 Å². The number of nitriles is 1. The quantitative estimate of drug-likeness (QED) is 0.823. The summed E-state index contributed by atoms with van der Waals surface area (Å²) >= 11 is 0. The van der Waals surface area contributed by atoms with Gasteiger partial charge in [0.05, 0.1) is 12.3 Å². The van der Waals surface area contributed by atoms with Crippen molar-refractivity contribution in [2.75, 3.05) is 6.61 Å². The van der Waals surface area contributed by atoms with Crippen LogP contribution in [0.25, 0.3) is 0 Å². The maximum absolute atomic E-state index is 9.02. The first-order valence-corrected chi connectivity index (χ1v) is 6.24. The normalized spacial score (nSPS) is 10.4. The summed E-state index contributed by atoms with van der Waals surface area (Å²) in [5.74, 6) is 0.824. The van der Waals surface area contributed by atoms with Crippen LogP contribution >= 0.6 is 0 Å². The minimum absolute atomic E-state index is 0.182. The molecule has 5 heteroatoms. The van der Waals surface area contributed by atoms with Gasteiger partial charge in [-0.25, -0.2) is 4.68 Å². The highest BCUT2D eigenvalue weighted by Gasteiger charge is 2.14. The zero-order chi connectivity index (χ0) is 13.7. The lowest BCUT2D eigenvalue weighted by Crippen LogP contribution is -2.12. The van der Waals surface area contributed by atoms with Gasteiger partial charge in [0.1, 0.15) is 11.8 Å². The molecule has 0 aliphatic heterocycles. The maximum atomic E-state index is 9.02. The van der Waals surface area contributed by atoms with Gasteiger partial charge in [0.15, 0.2) is 5.69 Å². The molecular weight excluding hydrogens is 240 g/mol. The summed E-state index contributed by atoms with van der Waals surface area (Å²) < 4.78 is 7.41. The third kappa shape index (κ3) is 3.10. The van der Waals surface area contributed by atoms with Gasteiger partial charge in [0.2, 0.25) is 0 Å². The molecule has 0 saturated heterocycles. The zero-order valence-electron chi connectivity index (χ0n) is 11.1. The minimum Gasteiger partial charge on any atom is -0.493 e. The van der Waals surface area contributed by atoms with E-state index in [2.05, 4.69) is 16.4 Å². The van der Waals surface area contributed by atoms with E-state index in [1.807, 2.05) is 44.2 Å². The average molecular weight is 256 g/mol. The lowest BCUT2D eigenvalue weighted by atomic mass is 10.2. The van der Waals surface area contributed by atoms with Crippen molar-refractivity contribution in [1.82, 2.24) is 15.0 Å². The Labute approximate surface area is 112 Å². The largest absolute Gasteiger partial charge is 0.493 e. The number of aromatic nitrogens is 3. The van der Waals surface area contributed by atoms with Crippen LogP contribution in [-0.4, -0.2) is 21.6 Å². The number of ether oxygens (including phenoxy) is 1. The molecule has 1 aromatic heterocycles. The summed E-state index contributed by atoms with van der Waals surface area (Å²) in [5.41, 5.74) is 1.21. The highest BCUT2D eigenvalue weighted by molar-refractivity contribution is 5.25. The van der Waals surface area contributed by atoms with Crippen LogP contribution in [0.15, 0.2) is 30.3 Å². The van der Waals surface area contributed by atoms with Gasteiger partial charge in [-0.3, -0.25) is 0 Å². The molecule has 0 fully saturated rings. The maximum Gasteiger partial charge on any atom is 0.186 e. The molecule has 98 valence electrons. The fourth-order valence-corrected chi connectivity index (χ4v) is 1.83. The molecule has 0 N–H and O–H groups in total. The van der Waals surface area contributed by atoms with Crippen molar-refractivity contribution in [1.29, 1.82) is 5.26 Å². The number of nitrogens with zero attached hydrogens (tertiary/aromatic N) is 4. The first-order valence-electron chi connectivity index (χ1n) is 6.24. The highest BCUT2D eigenvalue weighted by Crippen LogP contribution is 2.13. The molecule has 0 radical (unpaired) electrons. The summed E-state index contributed by atoms with van der Waals surface area (Å²) in [7, 11) is 0. The van der Waals surface area contributed by atoms with Crippen LogP contribution in [0.5, 0.6) is 5.75 Å². The van der Waals surface area contributed by atoms with Crippen molar-refractivity contribution in [3.63, 3.8) is 0 Å². The van der Waals surface area contributed by atoms with Crippen molar-refractivity contribution >= 4 is 0 Å². The molecule has 2 aromatic rings. The molecule has 0 aliphatic carbocycles. The Hall–Kier alpha value is -2.35. The zero-order valence-corrected chi connectivity index (χ0v) is 11.1. The number of benzene rings is 1. The third-order valence-corrected chi connectivity index (χ3v) is 2.74. The van der Waals surface area contributed by atoms with E-state index < -0.39 is 0 Å². The Morgan fingerprint density at radius 1 is 1.32 bits per heavy atom. The molecule has 0 bridgehead atoms. The van der Waals surface area contributed by atoms with Crippen molar-refractivity contribution in [2.24, 2.45) is 0 Å². The molecule has 0 saturated carbocycles. The predicted octanol–water partition coefficient (Wildman–Crippen LogP) is 2.35. The Morgan fingerprint density at radius 2 is 2.05 bits per heavy atom. The molecule has 2 rings (SSSR count). The standard InChI is InChI=1S/C14H16N4O/c1-11(2)18-14(13(10-15)16-17-18)8-9-19-12-6-4-3-5-7-12/h3-7,11H,8-9H2,1-2H3. The molecule has 0 unspecified atom stereocenters. The highest BCUT2D eigenvalue weighted by atomic mass is 16.5. The Kier molecular flexibility index (Phi) is 4.14. The van der Waals surface area contributed by atoms with Gasteiger partial charge in [0, 0.05) is 12.5 Å². The smallest absolute Gasteiger partial charge is 0.186 e. The summed E-state index contributed by atoms with van der Waals surface area (Å²) in [6, 6.07) is 11.9. The van der Waals surface area contributed by atoms with Crippen LogP contribution in [-0.2, 0) is 6.42 Å². The number of para-hydroxylation sites is 1. The van der Waals surface area contributed by atoms with E-state index in [-0.39, 0.29) is 6.04 Å². The topological polar surface area (TPSA) is 63.7 Å². The van der Waals surface area contributed by atoms with Gasteiger partial charge < -0.3 is 4.74 Å². The second-order valence-corrected chi connectivity index (χ2v) is 4.45. The van der Waals surface area contributed by atoms with Crippen LogP contribution in [0, 0.1) is 11.3 Å². The minimum atomic E-state index is 0.182. The molecule has 19 heavy (non-hydrogen) atoms. The number of hydrogen-bond acceptors (Lipinski definition) is 4. The second kappa shape index (κ2) is 6.01. The predicted molar refractivity (Wildman–Crippen MR) is 70.8 cm³/mol. The SMILES string of the molecule is CC(C)n1nnc(C#N)c1CCOc1ccccc1. The fraction of sp³-hybridized carbons (Fsp3) is 0.357. The van der Waals surface area contributed by atoms with E-state index >= 15 is 0 Å². The molecule has 5 nitrogen and oxygen atoms in total. The lowest BCUT2D eigenvalue weighted by Gasteiger charge is -2.10. The Bertz CT molecular complexity index is 569. The van der Waals surface area contributed by atoms with Crippen molar-refractivity contribution in [3.8, 4) is 11.8 Å². The van der Waals surface area contributed by atoms with E-state index in [0.717, 1.165) is 11.4 Å². The molecule has 0 amide bonds. The monoisotopic (exact) mass is 256 g/mol. The summed E-state index contributed by atoms with van der Waals surface area (Å²) in [6.07, 6.45) is 0.614. The van der Waals surface area contributed by atoms with E-state index in [1.54, 1.807) is 4.68 Å². The van der Waals surface area contributed by atoms with Gasteiger partial charge in [-0.15, -0.1) is 5.10 Å². The number of hydrogen-bond donors (Lipinski definition) is 0. The van der Waals surface area contributed by atoms with E-state index in [4.69, 9.17) is 10.00 Å². The van der Waals surface area contributed by atoms with E-state index in [0.29, 0.717) is 18.7 Å². The van der Waals surface area contributed by atoms with Gasteiger partial charge >= 0.3 is 0 Å². The van der Waals surface area contributed by atoms with Crippen LogP contribution in [0.2, 0.25) is 0 Å². The second-order valence-electron chi connectivity index (χ2n) is 4.45. The van der Waals surface area contributed by atoms with Gasteiger partial charge in [-0.05, 0) is 26.0 Å². The molecular formula is C14H16N4O. The van der Waals surface area contributed by atoms with Crippen molar-refractivity contribution < 1.29 is 4.74 Å². The van der Waals surface area contributed by atoms with Crippen LogP contribution in [0.4, 0.5) is 0 Å². The van der Waals surface area contributed by atoms with Gasteiger partial charge in [0.25, 0.3) is 0 Å².